The van der Waals surface area contributed by atoms with E-state index in [2.05, 4.69) is 20.3 Å². The van der Waals surface area contributed by atoms with Gasteiger partial charge in [0.25, 0.3) is 0 Å². The van der Waals surface area contributed by atoms with Crippen LogP contribution in [-0.4, -0.2) is 26.6 Å². The molecule has 0 aliphatic heterocycles. The number of aromatic nitrogens is 4. The lowest BCUT2D eigenvalue weighted by molar-refractivity contribution is -0.274. The Kier molecular flexibility index (Phi) is 4.77. The molecule has 0 atom stereocenters. The highest BCUT2D eigenvalue weighted by molar-refractivity contribution is 7.99. The summed E-state index contributed by atoms with van der Waals surface area (Å²) in [6, 6.07) is 10.8. The monoisotopic (exact) mass is 381 g/mol. The zero-order valence-electron chi connectivity index (χ0n) is 12.6. The second-order valence-electron chi connectivity index (χ2n) is 4.74. The Balaban J connectivity index is 1.88. The summed E-state index contributed by atoms with van der Waals surface area (Å²) < 4.78 is 55.3. The van der Waals surface area contributed by atoms with Crippen LogP contribution in [0.2, 0.25) is 0 Å². The van der Waals surface area contributed by atoms with Crippen LogP contribution >= 0.6 is 11.8 Å². The fourth-order valence-electron chi connectivity index (χ4n) is 1.99. The number of nitrogens with zero attached hydrogens (tertiary/aromatic N) is 5. The zero-order chi connectivity index (χ0) is 18.7. The molecule has 3 aromatic rings. The van der Waals surface area contributed by atoms with Crippen molar-refractivity contribution in [2.45, 2.75) is 16.4 Å². The van der Waals surface area contributed by atoms with E-state index in [1.54, 1.807) is 6.07 Å². The summed E-state index contributed by atoms with van der Waals surface area (Å²) in [7, 11) is 0. The van der Waals surface area contributed by atoms with E-state index < -0.39 is 12.2 Å². The average Bonchev–Trinajstić information content (AvgIpc) is 3.02. The van der Waals surface area contributed by atoms with E-state index in [1.165, 1.54) is 28.9 Å². The number of halogens is 4. The molecule has 0 aliphatic carbocycles. The molecule has 0 saturated carbocycles. The number of nitriles is 1. The highest BCUT2D eigenvalue weighted by Gasteiger charge is 2.31. The van der Waals surface area contributed by atoms with Crippen molar-refractivity contribution in [2.75, 3.05) is 0 Å². The minimum absolute atomic E-state index is 0.152. The Morgan fingerprint density at radius 3 is 2.50 bits per heavy atom. The van der Waals surface area contributed by atoms with Crippen molar-refractivity contribution in [1.82, 2.24) is 20.2 Å². The van der Waals surface area contributed by atoms with Gasteiger partial charge in [-0.15, -0.1) is 18.3 Å². The molecule has 26 heavy (non-hydrogen) atoms. The van der Waals surface area contributed by atoms with Gasteiger partial charge in [0.1, 0.15) is 23.2 Å². The van der Waals surface area contributed by atoms with Gasteiger partial charge in [0.2, 0.25) is 5.16 Å². The summed E-state index contributed by atoms with van der Waals surface area (Å²) in [5, 5.41) is 20.3. The van der Waals surface area contributed by atoms with Crippen molar-refractivity contribution >= 4 is 11.8 Å². The third kappa shape index (κ3) is 3.92. The molecule has 0 saturated heterocycles. The summed E-state index contributed by atoms with van der Waals surface area (Å²) in [6.45, 7) is 0. The van der Waals surface area contributed by atoms with Gasteiger partial charge in [-0.1, -0.05) is 6.07 Å². The van der Waals surface area contributed by atoms with Gasteiger partial charge in [0.05, 0.1) is 5.69 Å². The van der Waals surface area contributed by atoms with E-state index in [0.29, 0.717) is 10.6 Å². The molecule has 0 bridgehead atoms. The molecule has 0 spiro atoms. The number of tetrazole rings is 1. The summed E-state index contributed by atoms with van der Waals surface area (Å²) in [5.41, 5.74) is 0.211. The van der Waals surface area contributed by atoms with E-state index in [-0.39, 0.29) is 16.5 Å². The third-order valence-electron chi connectivity index (χ3n) is 3.04. The standard InChI is InChI=1S/C15H7F4N5OS/c16-12-2-1-3-13(11(12)8-20)26-14-21-22-23-24(14)9-4-6-10(7-5-9)25-15(17,18)19/h1-7H. The number of alkyl halides is 3. The molecule has 0 N–H and O–H groups in total. The van der Waals surface area contributed by atoms with Crippen molar-refractivity contribution in [3.8, 4) is 17.5 Å². The van der Waals surface area contributed by atoms with E-state index in [0.717, 1.165) is 30.0 Å². The molecule has 2 aromatic carbocycles. The molecule has 132 valence electrons. The van der Waals surface area contributed by atoms with Crippen molar-refractivity contribution in [2.24, 2.45) is 0 Å². The molecular weight excluding hydrogens is 374 g/mol. The number of benzene rings is 2. The third-order valence-corrected chi connectivity index (χ3v) is 4.04. The molecule has 0 radical (unpaired) electrons. The summed E-state index contributed by atoms with van der Waals surface area (Å²) >= 11 is 0.948. The van der Waals surface area contributed by atoms with Gasteiger partial charge in [0.15, 0.2) is 0 Å². The summed E-state index contributed by atoms with van der Waals surface area (Å²) in [6.07, 6.45) is -4.79. The molecule has 1 heterocycles. The lowest BCUT2D eigenvalue weighted by atomic mass is 10.2. The van der Waals surface area contributed by atoms with Crippen LogP contribution in [0.5, 0.6) is 5.75 Å². The van der Waals surface area contributed by atoms with Crippen LogP contribution < -0.4 is 4.74 Å². The lowest BCUT2D eigenvalue weighted by Crippen LogP contribution is -2.17. The summed E-state index contributed by atoms with van der Waals surface area (Å²) in [4.78, 5) is 0.306. The first kappa shape index (κ1) is 17.7. The van der Waals surface area contributed by atoms with Crippen molar-refractivity contribution in [3.63, 3.8) is 0 Å². The highest BCUT2D eigenvalue weighted by atomic mass is 32.2. The maximum atomic E-state index is 13.7. The first-order chi connectivity index (χ1) is 12.4. The number of ether oxygens (including phenoxy) is 1. The number of hydrogen-bond acceptors (Lipinski definition) is 6. The van der Waals surface area contributed by atoms with E-state index in [4.69, 9.17) is 5.26 Å². The zero-order valence-corrected chi connectivity index (χ0v) is 13.4. The molecule has 0 amide bonds. The van der Waals surface area contributed by atoms with E-state index >= 15 is 0 Å². The predicted octanol–water partition coefficient (Wildman–Crippen LogP) is 3.72. The van der Waals surface area contributed by atoms with Crippen molar-refractivity contribution < 1.29 is 22.3 Å². The van der Waals surface area contributed by atoms with E-state index in [9.17, 15) is 17.6 Å². The quantitative estimate of drug-likeness (QED) is 0.641. The van der Waals surface area contributed by atoms with Gasteiger partial charge in [-0.3, -0.25) is 0 Å². The molecule has 3 rings (SSSR count). The number of rotatable bonds is 4. The fourth-order valence-corrected chi connectivity index (χ4v) is 2.88. The molecule has 0 unspecified atom stereocenters. The summed E-state index contributed by atoms with van der Waals surface area (Å²) in [5.74, 6) is -1.06. The minimum atomic E-state index is -4.79. The Hall–Kier alpha value is -3.13. The van der Waals surface area contributed by atoms with Gasteiger partial charge >= 0.3 is 6.36 Å². The largest absolute Gasteiger partial charge is 0.573 e. The van der Waals surface area contributed by atoms with Crippen LogP contribution in [0, 0.1) is 17.1 Å². The predicted molar refractivity (Wildman–Crippen MR) is 81.1 cm³/mol. The first-order valence-corrected chi connectivity index (χ1v) is 7.70. The normalized spacial score (nSPS) is 11.2. The fraction of sp³-hybridized carbons (Fsp3) is 0.0667. The van der Waals surface area contributed by atoms with Gasteiger partial charge in [-0.05, 0) is 58.6 Å². The van der Waals surface area contributed by atoms with Crippen LogP contribution in [0.1, 0.15) is 5.56 Å². The van der Waals surface area contributed by atoms with Crippen LogP contribution in [0.15, 0.2) is 52.5 Å². The topological polar surface area (TPSA) is 76.6 Å². The molecule has 11 heteroatoms. The van der Waals surface area contributed by atoms with Crippen LogP contribution in [-0.2, 0) is 0 Å². The molecule has 0 fully saturated rings. The lowest BCUT2D eigenvalue weighted by Gasteiger charge is -2.09. The maximum Gasteiger partial charge on any atom is 0.573 e. The highest BCUT2D eigenvalue weighted by Crippen LogP contribution is 2.31. The van der Waals surface area contributed by atoms with Gasteiger partial charge in [-0.2, -0.15) is 9.94 Å². The Morgan fingerprint density at radius 1 is 1.12 bits per heavy atom. The second-order valence-corrected chi connectivity index (χ2v) is 5.75. The Morgan fingerprint density at radius 2 is 1.85 bits per heavy atom. The van der Waals surface area contributed by atoms with Gasteiger partial charge in [-0.25, -0.2) is 4.39 Å². The van der Waals surface area contributed by atoms with Crippen molar-refractivity contribution in [1.29, 1.82) is 5.26 Å². The van der Waals surface area contributed by atoms with E-state index in [1.807, 2.05) is 0 Å². The van der Waals surface area contributed by atoms with Crippen molar-refractivity contribution in [3.05, 3.63) is 53.8 Å². The molecular formula is C15H7F4N5OS. The number of hydrogen-bond donors (Lipinski definition) is 0. The maximum absolute atomic E-state index is 13.7. The van der Waals surface area contributed by atoms with Gasteiger partial charge < -0.3 is 4.74 Å². The SMILES string of the molecule is N#Cc1c(F)cccc1Sc1nnnn1-c1ccc(OC(F)(F)F)cc1. The average molecular weight is 381 g/mol. The second kappa shape index (κ2) is 7.01. The van der Waals surface area contributed by atoms with Crippen LogP contribution in [0.25, 0.3) is 5.69 Å². The molecule has 1 aromatic heterocycles. The first-order valence-electron chi connectivity index (χ1n) is 6.88. The van der Waals surface area contributed by atoms with Crippen LogP contribution in [0.3, 0.4) is 0 Å². The van der Waals surface area contributed by atoms with Crippen LogP contribution in [0.4, 0.5) is 17.6 Å². The minimum Gasteiger partial charge on any atom is -0.406 e. The molecule has 0 aliphatic rings. The Bertz CT molecular complexity index is 965. The smallest absolute Gasteiger partial charge is 0.406 e. The Labute approximate surface area is 148 Å². The van der Waals surface area contributed by atoms with Gasteiger partial charge in [0, 0.05) is 4.90 Å². The molecule has 6 nitrogen and oxygen atoms in total.